The quantitative estimate of drug-likeness (QED) is 0.388. The number of hydrogen-bond acceptors (Lipinski definition) is 5. The fourth-order valence-electron chi connectivity index (χ4n) is 3.52. The van der Waals surface area contributed by atoms with E-state index in [1.165, 1.54) is 0 Å². The number of nitrogens with zero attached hydrogens (tertiary/aromatic N) is 3. The number of fused-ring (bicyclic) bond motifs is 1. The molecule has 0 spiro atoms. The zero-order chi connectivity index (χ0) is 18.5. The summed E-state index contributed by atoms with van der Waals surface area (Å²) < 4.78 is 16.4. The Hall–Kier alpha value is -1.26. The van der Waals surface area contributed by atoms with E-state index in [1.54, 1.807) is 0 Å². The molecule has 0 amide bonds. The van der Waals surface area contributed by atoms with Gasteiger partial charge in [-0.05, 0) is 31.5 Å². The van der Waals surface area contributed by atoms with E-state index < -0.39 is 0 Å². The van der Waals surface area contributed by atoms with Gasteiger partial charge in [-0.25, -0.2) is 0 Å². The summed E-state index contributed by atoms with van der Waals surface area (Å²) in [5, 5.41) is 3.50. The van der Waals surface area contributed by atoms with Gasteiger partial charge in [0.05, 0.1) is 13.2 Å². The minimum atomic E-state index is 0. The van der Waals surface area contributed by atoms with Crippen molar-refractivity contribution in [1.29, 1.82) is 0 Å². The molecule has 2 aliphatic heterocycles. The molecule has 0 aromatic heterocycles. The van der Waals surface area contributed by atoms with Crippen LogP contribution in [0.3, 0.4) is 0 Å². The lowest BCUT2D eigenvalue weighted by molar-refractivity contribution is -0.0175. The molecular weight excluding hydrogens is 459 g/mol. The molecule has 0 aliphatic carbocycles. The van der Waals surface area contributed by atoms with Crippen molar-refractivity contribution in [3.8, 4) is 11.5 Å². The first kappa shape index (κ1) is 22.0. The number of aliphatic imine (C=N–C) groups is 1. The first-order valence-corrected chi connectivity index (χ1v) is 9.22. The lowest BCUT2D eigenvalue weighted by atomic mass is 10.2. The Labute approximate surface area is 179 Å². The van der Waals surface area contributed by atoms with Crippen molar-refractivity contribution < 1.29 is 14.2 Å². The standard InChI is InChI=1S/C19H30N4O3.HI/c1-14(23-7-8-24-12-15(23)2)10-21-19(20-3)22(4)11-16-5-6-17-18(9-16)26-13-25-17;/h5-6,9,14-15H,7-8,10-13H2,1-4H3,(H,20,21);1H. The van der Waals surface area contributed by atoms with E-state index in [2.05, 4.69) is 40.0 Å². The van der Waals surface area contributed by atoms with Crippen molar-refractivity contribution in [2.45, 2.75) is 32.5 Å². The lowest BCUT2D eigenvalue weighted by Gasteiger charge is -2.38. The van der Waals surface area contributed by atoms with Gasteiger partial charge in [0.1, 0.15) is 0 Å². The van der Waals surface area contributed by atoms with E-state index in [1.807, 2.05) is 26.2 Å². The normalized spacial score (nSPS) is 20.7. The second kappa shape index (κ2) is 10.3. The molecule has 2 atom stereocenters. The van der Waals surface area contributed by atoms with Crippen LogP contribution < -0.4 is 14.8 Å². The third kappa shape index (κ3) is 5.61. The van der Waals surface area contributed by atoms with Gasteiger partial charge in [-0.3, -0.25) is 9.89 Å². The van der Waals surface area contributed by atoms with Crippen LogP contribution in [0.5, 0.6) is 11.5 Å². The van der Waals surface area contributed by atoms with Crippen molar-refractivity contribution in [2.24, 2.45) is 4.99 Å². The van der Waals surface area contributed by atoms with Crippen LogP contribution in [-0.2, 0) is 11.3 Å². The monoisotopic (exact) mass is 490 g/mol. The van der Waals surface area contributed by atoms with Crippen LogP contribution >= 0.6 is 24.0 Å². The van der Waals surface area contributed by atoms with Crippen molar-refractivity contribution in [3.63, 3.8) is 0 Å². The topological polar surface area (TPSA) is 58.6 Å². The first-order valence-electron chi connectivity index (χ1n) is 9.22. The number of morpholine rings is 1. The number of rotatable bonds is 5. The van der Waals surface area contributed by atoms with Crippen LogP contribution in [0, 0.1) is 0 Å². The number of hydrogen-bond donors (Lipinski definition) is 1. The minimum Gasteiger partial charge on any atom is -0.454 e. The van der Waals surface area contributed by atoms with Gasteiger partial charge in [-0.1, -0.05) is 6.07 Å². The number of nitrogens with one attached hydrogen (secondary N) is 1. The van der Waals surface area contributed by atoms with Gasteiger partial charge in [-0.2, -0.15) is 0 Å². The molecule has 0 saturated carbocycles. The molecule has 152 valence electrons. The highest BCUT2D eigenvalue weighted by Gasteiger charge is 2.24. The predicted octanol–water partition coefficient (Wildman–Crippen LogP) is 2.15. The number of guanidine groups is 1. The molecule has 2 aliphatic rings. The Balaban J connectivity index is 0.00000261. The van der Waals surface area contributed by atoms with Gasteiger partial charge in [0.2, 0.25) is 6.79 Å². The van der Waals surface area contributed by atoms with Gasteiger partial charge in [-0.15, -0.1) is 24.0 Å². The van der Waals surface area contributed by atoms with E-state index in [4.69, 9.17) is 14.2 Å². The van der Waals surface area contributed by atoms with Gasteiger partial charge in [0, 0.05) is 45.8 Å². The Bertz CT molecular complexity index is 643. The maximum absolute atomic E-state index is 5.53. The highest BCUT2D eigenvalue weighted by atomic mass is 127. The van der Waals surface area contributed by atoms with Crippen molar-refractivity contribution in [2.75, 3.05) is 47.2 Å². The highest BCUT2D eigenvalue weighted by Crippen LogP contribution is 2.32. The van der Waals surface area contributed by atoms with E-state index in [0.29, 0.717) is 18.9 Å². The molecule has 0 bridgehead atoms. The predicted molar refractivity (Wildman–Crippen MR) is 117 cm³/mol. The van der Waals surface area contributed by atoms with Crippen molar-refractivity contribution in [3.05, 3.63) is 23.8 Å². The van der Waals surface area contributed by atoms with E-state index in [-0.39, 0.29) is 24.0 Å². The van der Waals surface area contributed by atoms with Gasteiger partial charge < -0.3 is 24.4 Å². The molecule has 2 heterocycles. The summed E-state index contributed by atoms with van der Waals surface area (Å²) in [6, 6.07) is 6.93. The molecule has 3 rings (SSSR count). The lowest BCUT2D eigenvalue weighted by Crippen LogP contribution is -2.53. The second-order valence-corrected chi connectivity index (χ2v) is 6.98. The summed E-state index contributed by atoms with van der Waals surface area (Å²) in [4.78, 5) is 9.03. The Morgan fingerprint density at radius 2 is 2.15 bits per heavy atom. The molecule has 1 fully saturated rings. The van der Waals surface area contributed by atoms with E-state index in [0.717, 1.165) is 55.9 Å². The average molecular weight is 490 g/mol. The second-order valence-electron chi connectivity index (χ2n) is 6.98. The van der Waals surface area contributed by atoms with Crippen molar-refractivity contribution >= 4 is 29.9 Å². The zero-order valence-corrected chi connectivity index (χ0v) is 18.9. The fraction of sp³-hybridized carbons (Fsp3) is 0.632. The molecule has 2 unspecified atom stereocenters. The molecule has 1 N–H and O–H groups in total. The number of ether oxygens (including phenoxy) is 3. The van der Waals surface area contributed by atoms with Crippen LogP contribution in [0.25, 0.3) is 0 Å². The summed E-state index contributed by atoms with van der Waals surface area (Å²) in [7, 11) is 3.86. The molecular formula is C19H31IN4O3. The molecule has 1 saturated heterocycles. The van der Waals surface area contributed by atoms with Crippen LogP contribution in [0.15, 0.2) is 23.2 Å². The van der Waals surface area contributed by atoms with Crippen LogP contribution in [0.4, 0.5) is 0 Å². The SMILES string of the molecule is CN=C(NCC(C)N1CCOCC1C)N(C)Cc1ccc2c(c1)OCO2.I. The minimum absolute atomic E-state index is 0. The smallest absolute Gasteiger partial charge is 0.231 e. The van der Waals surface area contributed by atoms with Gasteiger partial charge in [0.15, 0.2) is 17.5 Å². The van der Waals surface area contributed by atoms with E-state index >= 15 is 0 Å². The largest absolute Gasteiger partial charge is 0.454 e. The molecule has 7 nitrogen and oxygen atoms in total. The zero-order valence-electron chi connectivity index (χ0n) is 16.6. The Morgan fingerprint density at radius 3 is 2.89 bits per heavy atom. The summed E-state index contributed by atoms with van der Waals surface area (Å²) in [6.45, 7) is 8.97. The third-order valence-corrected chi connectivity index (χ3v) is 4.97. The molecule has 8 heteroatoms. The number of halogens is 1. The number of benzene rings is 1. The van der Waals surface area contributed by atoms with Crippen LogP contribution in [0.2, 0.25) is 0 Å². The highest BCUT2D eigenvalue weighted by molar-refractivity contribution is 14.0. The molecule has 1 aromatic carbocycles. The van der Waals surface area contributed by atoms with Crippen LogP contribution in [0.1, 0.15) is 19.4 Å². The van der Waals surface area contributed by atoms with Gasteiger partial charge in [0.25, 0.3) is 0 Å². The van der Waals surface area contributed by atoms with Gasteiger partial charge >= 0.3 is 0 Å². The molecule has 27 heavy (non-hydrogen) atoms. The average Bonchev–Trinajstić information content (AvgIpc) is 3.10. The summed E-state index contributed by atoms with van der Waals surface area (Å²) >= 11 is 0. The maximum Gasteiger partial charge on any atom is 0.231 e. The van der Waals surface area contributed by atoms with Crippen LogP contribution in [-0.4, -0.2) is 75.0 Å². The molecule has 1 aromatic rings. The van der Waals surface area contributed by atoms with Crippen molar-refractivity contribution in [1.82, 2.24) is 15.1 Å². The molecule has 0 radical (unpaired) electrons. The Morgan fingerprint density at radius 1 is 1.37 bits per heavy atom. The summed E-state index contributed by atoms with van der Waals surface area (Å²) in [5.74, 6) is 2.51. The van der Waals surface area contributed by atoms with E-state index in [9.17, 15) is 0 Å². The summed E-state index contributed by atoms with van der Waals surface area (Å²) in [6.07, 6.45) is 0. The maximum atomic E-state index is 5.53. The fourth-order valence-corrected chi connectivity index (χ4v) is 3.52. The Kier molecular flexibility index (Phi) is 8.43. The summed E-state index contributed by atoms with van der Waals surface area (Å²) in [5.41, 5.74) is 1.16. The third-order valence-electron chi connectivity index (χ3n) is 4.97. The first-order chi connectivity index (χ1) is 12.6.